The van der Waals surface area contributed by atoms with E-state index in [1.54, 1.807) is 11.3 Å². The summed E-state index contributed by atoms with van der Waals surface area (Å²) in [6.07, 6.45) is 0. The summed E-state index contributed by atoms with van der Waals surface area (Å²) in [6.45, 7) is 0. The molecule has 0 aliphatic rings. The van der Waals surface area contributed by atoms with Gasteiger partial charge in [0.05, 0.1) is 21.2 Å². The Labute approximate surface area is 205 Å². The number of fused-ring (bicyclic) bond motifs is 11. The third kappa shape index (κ3) is 2.33. The van der Waals surface area contributed by atoms with Gasteiger partial charge in [0.15, 0.2) is 0 Å². The van der Waals surface area contributed by atoms with Gasteiger partial charge in [-0.2, -0.15) is 0 Å². The molecule has 6 aromatic carbocycles. The maximum absolute atomic E-state index is 8.75. The number of para-hydroxylation sites is 1. The van der Waals surface area contributed by atoms with E-state index in [0.717, 1.165) is 36.9 Å². The highest BCUT2D eigenvalue weighted by atomic mass is 32.1. The minimum absolute atomic E-state index is 0.00759. The number of nitrogens with zero attached hydrogens (tertiary/aromatic N) is 1. The van der Waals surface area contributed by atoms with Gasteiger partial charge in [-0.25, -0.2) is 0 Å². The molecule has 8 rings (SSSR count). The molecule has 0 amide bonds. The fraction of sp³-hybridized carbons (Fsp3) is 0. The first-order valence-electron chi connectivity index (χ1n) is 13.3. The van der Waals surface area contributed by atoms with Crippen molar-refractivity contribution >= 4 is 74.9 Å². The Balaban J connectivity index is 1.65. The maximum atomic E-state index is 8.75. The van der Waals surface area contributed by atoms with Crippen LogP contribution in [0.15, 0.2) is 115 Å². The SMILES string of the molecule is [2H]c1c([2H])c([2H])c2c(ccc3sc4c(ccc5c6c7ccccc7ccc6n(-c6ccccc6)c54)c32)c1[2H]. The lowest BCUT2D eigenvalue weighted by atomic mass is 10.0. The minimum Gasteiger partial charge on any atom is -0.308 e. The Morgan fingerprint density at radius 2 is 1.38 bits per heavy atom. The molecule has 0 aliphatic carbocycles. The highest BCUT2D eigenvalue weighted by Gasteiger charge is 2.19. The second-order valence-corrected chi connectivity index (χ2v) is 9.71. The maximum Gasteiger partial charge on any atom is 0.0719 e. The first-order chi connectivity index (χ1) is 18.5. The van der Waals surface area contributed by atoms with E-state index in [4.69, 9.17) is 5.48 Å². The molecule has 2 heteroatoms. The summed E-state index contributed by atoms with van der Waals surface area (Å²) in [5, 5.41) is 7.85. The van der Waals surface area contributed by atoms with Crippen LogP contribution in [0.3, 0.4) is 0 Å². The molecule has 0 atom stereocenters. The van der Waals surface area contributed by atoms with Crippen LogP contribution in [0.2, 0.25) is 0 Å². The van der Waals surface area contributed by atoms with E-state index in [1.165, 1.54) is 21.5 Å². The molecule has 0 N–H and O–H groups in total. The molecule has 2 heterocycles. The summed E-state index contributed by atoms with van der Waals surface area (Å²) in [5.41, 5.74) is 3.34. The van der Waals surface area contributed by atoms with Crippen LogP contribution in [0, 0.1) is 0 Å². The number of hydrogen-bond donors (Lipinski definition) is 0. The van der Waals surface area contributed by atoms with Gasteiger partial charge in [0.1, 0.15) is 0 Å². The fourth-order valence-electron chi connectivity index (χ4n) is 5.46. The molecule has 0 saturated carbocycles. The van der Waals surface area contributed by atoms with E-state index in [1.807, 2.05) is 18.2 Å². The number of thiophene rings is 1. The van der Waals surface area contributed by atoms with Crippen molar-refractivity contribution in [2.24, 2.45) is 0 Å². The molecule has 0 unspecified atom stereocenters. The molecule has 2 aromatic heterocycles. The summed E-state index contributed by atoms with van der Waals surface area (Å²) in [7, 11) is 0. The summed E-state index contributed by atoms with van der Waals surface area (Å²) < 4.78 is 38.2. The third-order valence-corrected chi connectivity index (χ3v) is 8.06. The van der Waals surface area contributed by atoms with Gasteiger partial charge in [-0.1, -0.05) is 90.9 Å². The number of rotatable bonds is 1. The number of hydrogen-bond acceptors (Lipinski definition) is 1. The summed E-state index contributed by atoms with van der Waals surface area (Å²) in [6, 6.07) is 31.1. The van der Waals surface area contributed by atoms with Gasteiger partial charge in [0.25, 0.3) is 0 Å². The predicted molar refractivity (Wildman–Crippen MR) is 149 cm³/mol. The quantitative estimate of drug-likeness (QED) is 0.233. The Morgan fingerprint density at radius 3 is 2.32 bits per heavy atom. The van der Waals surface area contributed by atoms with Gasteiger partial charge < -0.3 is 4.57 Å². The number of benzene rings is 6. The Hall–Kier alpha value is -4.14. The van der Waals surface area contributed by atoms with E-state index < -0.39 is 0 Å². The highest BCUT2D eigenvalue weighted by Crippen LogP contribution is 2.46. The van der Waals surface area contributed by atoms with Crippen molar-refractivity contribution in [3.63, 3.8) is 0 Å². The largest absolute Gasteiger partial charge is 0.308 e. The normalized spacial score (nSPS) is 13.8. The Morgan fingerprint density at radius 1 is 0.588 bits per heavy atom. The van der Waals surface area contributed by atoms with Gasteiger partial charge in [-0.05, 0) is 45.8 Å². The van der Waals surface area contributed by atoms with Crippen LogP contribution in [0.25, 0.3) is 69.2 Å². The fourth-order valence-corrected chi connectivity index (χ4v) is 6.71. The van der Waals surface area contributed by atoms with Crippen molar-refractivity contribution in [2.75, 3.05) is 0 Å². The summed E-state index contributed by atoms with van der Waals surface area (Å²) in [4.78, 5) is 0. The molecular weight excluding hydrogens is 430 g/mol. The molecule has 1 nitrogen and oxygen atoms in total. The Bertz CT molecular complexity index is 2280. The van der Waals surface area contributed by atoms with Gasteiger partial charge in [-0.3, -0.25) is 0 Å². The van der Waals surface area contributed by atoms with Crippen molar-refractivity contribution in [3.05, 3.63) is 115 Å². The monoisotopic (exact) mass is 453 g/mol. The van der Waals surface area contributed by atoms with Crippen molar-refractivity contribution in [3.8, 4) is 5.69 Å². The molecule has 8 aromatic rings. The average Bonchev–Trinajstić information content (AvgIpc) is 3.51. The molecule has 0 spiro atoms. The third-order valence-electron chi connectivity index (χ3n) is 6.88. The van der Waals surface area contributed by atoms with E-state index in [9.17, 15) is 0 Å². The molecule has 0 aliphatic heterocycles. The second kappa shape index (κ2) is 6.69. The molecule has 0 radical (unpaired) electrons. The lowest BCUT2D eigenvalue weighted by molar-refractivity contribution is 1.19. The van der Waals surface area contributed by atoms with Crippen LogP contribution in [0.4, 0.5) is 0 Å². The topological polar surface area (TPSA) is 4.93 Å². The molecule has 0 fully saturated rings. The van der Waals surface area contributed by atoms with Crippen molar-refractivity contribution in [1.82, 2.24) is 4.57 Å². The van der Waals surface area contributed by atoms with Gasteiger partial charge in [0.2, 0.25) is 0 Å². The number of aromatic nitrogens is 1. The Kier molecular flexibility index (Phi) is 2.93. The first kappa shape index (κ1) is 14.9. The molecular formula is C32H19NS. The van der Waals surface area contributed by atoms with Gasteiger partial charge in [-0.15, -0.1) is 11.3 Å². The van der Waals surface area contributed by atoms with Crippen LogP contribution >= 0.6 is 11.3 Å². The van der Waals surface area contributed by atoms with Crippen molar-refractivity contribution < 1.29 is 5.48 Å². The zero-order valence-electron chi connectivity index (χ0n) is 22.0. The zero-order valence-corrected chi connectivity index (χ0v) is 18.8. The van der Waals surface area contributed by atoms with E-state index >= 15 is 0 Å². The van der Waals surface area contributed by atoms with Gasteiger partial charge >= 0.3 is 0 Å². The predicted octanol–water partition coefficient (Wildman–Crippen LogP) is 9.46. The summed E-state index contributed by atoms with van der Waals surface area (Å²) >= 11 is 1.69. The molecule has 0 bridgehead atoms. The highest BCUT2D eigenvalue weighted by molar-refractivity contribution is 7.26. The van der Waals surface area contributed by atoms with Gasteiger partial charge in [0, 0.05) is 31.9 Å². The van der Waals surface area contributed by atoms with Crippen molar-refractivity contribution in [1.29, 1.82) is 0 Å². The van der Waals surface area contributed by atoms with E-state index in [2.05, 4.69) is 77.4 Å². The summed E-state index contributed by atoms with van der Waals surface area (Å²) in [5.74, 6) is 0. The van der Waals surface area contributed by atoms with Crippen LogP contribution < -0.4 is 0 Å². The molecule has 0 saturated heterocycles. The van der Waals surface area contributed by atoms with E-state index in [0.29, 0.717) is 10.8 Å². The van der Waals surface area contributed by atoms with Crippen LogP contribution in [0.1, 0.15) is 5.48 Å². The standard InChI is InChI=1S/C32H19NS/c1-2-10-22(11-3-1)33-27-18-14-20-8-4-6-12-23(20)29(27)25-16-17-26-30-24-13-7-5-9-21(24)15-19-28(30)34-32(26)31(25)33/h1-19H/i5D,7D,9D,13D. The minimum atomic E-state index is -0.195. The molecule has 158 valence electrons. The van der Waals surface area contributed by atoms with Crippen LogP contribution in [0.5, 0.6) is 0 Å². The van der Waals surface area contributed by atoms with Crippen molar-refractivity contribution in [2.45, 2.75) is 0 Å². The average molecular weight is 454 g/mol. The lowest BCUT2D eigenvalue weighted by Crippen LogP contribution is -1.93. The second-order valence-electron chi connectivity index (χ2n) is 8.65. The van der Waals surface area contributed by atoms with Crippen LogP contribution in [-0.4, -0.2) is 4.57 Å². The lowest BCUT2D eigenvalue weighted by Gasteiger charge is -2.08. The van der Waals surface area contributed by atoms with Crippen LogP contribution in [-0.2, 0) is 0 Å². The van der Waals surface area contributed by atoms with E-state index in [-0.39, 0.29) is 24.2 Å². The first-order valence-corrected chi connectivity index (χ1v) is 12.1. The molecule has 34 heavy (non-hydrogen) atoms. The zero-order chi connectivity index (χ0) is 25.7. The smallest absolute Gasteiger partial charge is 0.0719 e.